The van der Waals surface area contributed by atoms with Gasteiger partial charge in [-0.2, -0.15) is 0 Å². The molecular formula is C21H27NO2. The van der Waals surface area contributed by atoms with Crippen LogP contribution in [-0.4, -0.2) is 24.5 Å². The first-order chi connectivity index (χ1) is 11.3. The predicted molar refractivity (Wildman–Crippen MR) is 98.3 cm³/mol. The van der Waals surface area contributed by atoms with Crippen LogP contribution in [0, 0.1) is 6.92 Å². The molecule has 0 aliphatic heterocycles. The third kappa shape index (κ3) is 4.85. The fourth-order valence-electron chi connectivity index (χ4n) is 2.56. The van der Waals surface area contributed by atoms with Gasteiger partial charge in [0.1, 0.15) is 5.75 Å². The largest absolute Gasteiger partial charge is 0.483 e. The second kappa shape index (κ2) is 7.52. The highest BCUT2D eigenvalue weighted by atomic mass is 16.5. The highest BCUT2D eigenvalue weighted by Gasteiger charge is 2.20. The molecular weight excluding hydrogens is 298 g/mol. The summed E-state index contributed by atoms with van der Waals surface area (Å²) in [7, 11) is 1.81. The Morgan fingerprint density at radius 3 is 2.38 bits per heavy atom. The summed E-state index contributed by atoms with van der Waals surface area (Å²) in [6, 6.07) is 16.1. The molecule has 0 spiro atoms. The number of ether oxygens (including phenoxy) is 1. The van der Waals surface area contributed by atoms with Crippen LogP contribution in [0.1, 0.15) is 37.5 Å². The van der Waals surface area contributed by atoms with Crippen molar-refractivity contribution in [1.82, 2.24) is 4.90 Å². The number of hydrogen-bond acceptors (Lipinski definition) is 2. The average Bonchev–Trinajstić information content (AvgIpc) is 2.52. The second-order valence-electron chi connectivity index (χ2n) is 7.27. The molecule has 3 heteroatoms. The van der Waals surface area contributed by atoms with Crippen molar-refractivity contribution < 1.29 is 9.53 Å². The molecule has 0 aromatic heterocycles. The van der Waals surface area contributed by atoms with Gasteiger partial charge in [0.25, 0.3) is 5.91 Å². The van der Waals surface area contributed by atoms with Crippen LogP contribution < -0.4 is 4.74 Å². The molecule has 3 nitrogen and oxygen atoms in total. The van der Waals surface area contributed by atoms with E-state index in [0.717, 1.165) is 22.4 Å². The van der Waals surface area contributed by atoms with Gasteiger partial charge in [-0.3, -0.25) is 4.79 Å². The van der Waals surface area contributed by atoms with Crippen molar-refractivity contribution in [3.63, 3.8) is 0 Å². The van der Waals surface area contributed by atoms with Gasteiger partial charge >= 0.3 is 0 Å². The van der Waals surface area contributed by atoms with Crippen molar-refractivity contribution in [3.8, 4) is 5.75 Å². The van der Waals surface area contributed by atoms with Crippen LogP contribution in [0.2, 0.25) is 0 Å². The first kappa shape index (κ1) is 18.1. The lowest BCUT2D eigenvalue weighted by molar-refractivity contribution is -0.132. The van der Waals surface area contributed by atoms with Crippen LogP contribution in [0.4, 0.5) is 0 Å². The highest BCUT2D eigenvalue weighted by Crippen LogP contribution is 2.32. The fourth-order valence-corrected chi connectivity index (χ4v) is 2.56. The minimum Gasteiger partial charge on any atom is -0.483 e. The minimum absolute atomic E-state index is 0.0258. The molecule has 0 atom stereocenters. The number of carbonyl (C=O) groups is 1. The van der Waals surface area contributed by atoms with E-state index < -0.39 is 0 Å². The van der Waals surface area contributed by atoms with Crippen LogP contribution in [0.5, 0.6) is 5.75 Å². The van der Waals surface area contributed by atoms with Crippen LogP contribution >= 0.6 is 0 Å². The maximum Gasteiger partial charge on any atom is 0.260 e. The Kier molecular flexibility index (Phi) is 5.66. The zero-order chi connectivity index (χ0) is 17.7. The molecule has 0 bridgehead atoms. The smallest absolute Gasteiger partial charge is 0.260 e. The van der Waals surface area contributed by atoms with E-state index in [1.807, 2.05) is 43.3 Å². The summed E-state index contributed by atoms with van der Waals surface area (Å²) in [6.45, 7) is 9.11. The molecule has 0 radical (unpaired) electrons. The third-order valence-corrected chi connectivity index (χ3v) is 3.98. The molecule has 1 amide bonds. The molecule has 0 aliphatic rings. The Hall–Kier alpha value is -2.29. The summed E-state index contributed by atoms with van der Waals surface area (Å²) in [4.78, 5) is 14.1. The summed E-state index contributed by atoms with van der Waals surface area (Å²) in [5.41, 5.74) is 3.33. The quantitative estimate of drug-likeness (QED) is 0.819. The molecule has 0 saturated heterocycles. The predicted octanol–water partition coefficient (Wildman–Crippen LogP) is 4.33. The van der Waals surface area contributed by atoms with E-state index in [0.29, 0.717) is 6.54 Å². The summed E-state index contributed by atoms with van der Waals surface area (Å²) in [6.07, 6.45) is 0. The molecule has 2 aromatic rings. The van der Waals surface area contributed by atoms with Crippen LogP contribution in [0.3, 0.4) is 0 Å². The molecule has 0 N–H and O–H groups in total. The first-order valence-electron chi connectivity index (χ1n) is 8.29. The van der Waals surface area contributed by atoms with E-state index in [2.05, 4.69) is 32.9 Å². The maximum absolute atomic E-state index is 12.4. The zero-order valence-corrected chi connectivity index (χ0v) is 15.3. The fraction of sp³-hybridized carbons (Fsp3) is 0.381. The Bertz CT molecular complexity index is 687. The average molecular weight is 325 g/mol. The van der Waals surface area contributed by atoms with E-state index >= 15 is 0 Å². The molecule has 0 aliphatic carbocycles. The lowest BCUT2D eigenvalue weighted by Gasteiger charge is -2.24. The molecule has 2 aromatic carbocycles. The van der Waals surface area contributed by atoms with Crippen LogP contribution in [-0.2, 0) is 16.8 Å². The van der Waals surface area contributed by atoms with Gasteiger partial charge in [0, 0.05) is 13.6 Å². The van der Waals surface area contributed by atoms with E-state index in [9.17, 15) is 4.79 Å². The van der Waals surface area contributed by atoms with Gasteiger partial charge in [-0.25, -0.2) is 0 Å². The third-order valence-electron chi connectivity index (χ3n) is 3.98. The second-order valence-corrected chi connectivity index (χ2v) is 7.27. The monoisotopic (exact) mass is 325 g/mol. The van der Waals surface area contributed by atoms with Gasteiger partial charge in [-0.15, -0.1) is 0 Å². The van der Waals surface area contributed by atoms with Crippen molar-refractivity contribution in [2.75, 3.05) is 13.7 Å². The Morgan fingerprint density at radius 2 is 1.75 bits per heavy atom. The maximum atomic E-state index is 12.4. The molecule has 0 saturated carbocycles. The van der Waals surface area contributed by atoms with Gasteiger partial charge in [0.15, 0.2) is 6.61 Å². The van der Waals surface area contributed by atoms with Gasteiger partial charge in [0.2, 0.25) is 0 Å². The number of carbonyl (C=O) groups excluding carboxylic acids is 1. The summed E-state index contributed by atoms with van der Waals surface area (Å²) >= 11 is 0. The van der Waals surface area contributed by atoms with Gasteiger partial charge < -0.3 is 9.64 Å². The highest BCUT2D eigenvalue weighted by molar-refractivity contribution is 5.77. The standard InChI is InChI=1S/C21H27NO2/c1-16-11-12-18(21(2,3)4)19(13-16)24-15-20(23)22(5)14-17-9-7-6-8-10-17/h6-13H,14-15H2,1-5H3. The van der Waals surface area contributed by atoms with Gasteiger partial charge in [0.05, 0.1) is 0 Å². The van der Waals surface area contributed by atoms with Crippen molar-refractivity contribution in [1.29, 1.82) is 0 Å². The van der Waals surface area contributed by atoms with E-state index in [4.69, 9.17) is 4.74 Å². The minimum atomic E-state index is -0.0276. The number of rotatable bonds is 5. The summed E-state index contributed by atoms with van der Waals surface area (Å²) in [5, 5.41) is 0. The zero-order valence-electron chi connectivity index (χ0n) is 15.3. The number of amides is 1. The Morgan fingerprint density at radius 1 is 1.08 bits per heavy atom. The molecule has 0 fully saturated rings. The number of aryl methyl sites for hydroxylation is 1. The lowest BCUT2D eigenvalue weighted by atomic mass is 9.86. The number of hydrogen-bond donors (Lipinski definition) is 0. The van der Waals surface area contributed by atoms with Crippen molar-refractivity contribution in [2.45, 2.75) is 39.7 Å². The SMILES string of the molecule is Cc1ccc(C(C)(C)C)c(OCC(=O)N(C)Cc2ccccc2)c1. The number of likely N-dealkylation sites (N-methyl/N-ethyl adjacent to an activating group) is 1. The first-order valence-corrected chi connectivity index (χ1v) is 8.29. The number of nitrogens with zero attached hydrogens (tertiary/aromatic N) is 1. The lowest BCUT2D eigenvalue weighted by Crippen LogP contribution is -2.31. The van der Waals surface area contributed by atoms with Crippen molar-refractivity contribution in [2.24, 2.45) is 0 Å². The van der Waals surface area contributed by atoms with E-state index in [-0.39, 0.29) is 17.9 Å². The van der Waals surface area contributed by atoms with Crippen molar-refractivity contribution >= 4 is 5.91 Å². The molecule has 24 heavy (non-hydrogen) atoms. The Balaban J connectivity index is 2.02. The van der Waals surface area contributed by atoms with Crippen LogP contribution in [0.15, 0.2) is 48.5 Å². The topological polar surface area (TPSA) is 29.5 Å². The van der Waals surface area contributed by atoms with Crippen LogP contribution in [0.25, 0.3) is 0 Å². The normalized spacial score (nSPS) is 11.2. The van der Waals surface area contributed by atoms with Gasteiger partial charge in [-0.05, 0) is 35.1 Å². The summed E-state index contributed by atoms with van der Waals surface area (Å²) < 4.78 is 5.87. The van der Waals surface area contributed by atoms with Crippen molar-refractivity contribution in [3.05, 3.63) is 65.2 Å². The van der Waals surface area contributed by atoms with Gasteiger partial charge in [-0.1, -0.05) is 63.2 Å². The molecule has 128 valence electrons. The number of benzene rings is 2. The van der Waals surface area contributed by atoms with E-state index in [1.165, 1.54) is 0 Å². The van der Waals surface area contributed by atoms with E-state index in [1.54, 1.807) is 11.9 Å². The molecule has 0 heterocycles. The molecule has 0 unspecified atom stereocenters. The molecule has 2 rings (SSSR count). The Labute approximate surface area is 145 Å². The summed E-state index contributed by atoms with van der Waals surface area (Å²) in [5.74, 6) is 0.768.